The van der Waals surface area contributed by atoms with Gasteiger partial charge in [0.1, 0.15) is 5.82 Å². The van der Waals surface area contributed by atoms with Crippen molar-refractivity contribution in [2.75, 3.05) is 13.1 Å². The van der Waals surface area contributed by atoms with Crippen LogP contribution in [0.2, 0.25) is 0 Å². The first-order chi connectivity index (χ1) is 13.0. The Hall–Kier alpha value is -3.02. The van der Waals surface area contributed by atoms with E-state index in [0.717, 1.165) is 5.56 Å². The van der Waals surface area contributed by atoms with Crippen LogP contribution >= 0.6 is 0 Å². The number of hydrogen-bond acceptors (Lipinski definition) is 3. The van der Waals surface area contributed by atoms with Gasteiger partial charge in [-0.15, -0.1) is 0 Å². The Bertz CT molecular complexity index is 776. The van der Waals surface area contributed by atoms with Gasteiger partial charge in [0.15, 0.2) is 5.78 Å². The molecule has 1 N–H and O–H groups in total. The average molecular weight is 370 g/mol. The Labute approximate surface area is 158 Å². The van der Waals surface area contributed by atoms with Crippen LogP contribution in [0.1, 0.15) is 35.7 Å². The summed E-state index contributed by atoms with van der Waals surface area (Å²) in [7, 11) is 0. The highest BCUT2D eigenvalue weighted by Crippen LogP contribution is 2.07. The number of carbonyl (C=O) groups is 3. The predicted molar refractivity (Wildman–Crippen MR) is 101 cm³/mol. The van der Waals surface area contributed by atoms with Gasteiger partial charge in [0.05, 0.1) is 6.54 Å². The topological polar surface area (TPSA) is 66.5 Å². The normalized spacial score (nSPS) is 10.3. The van der Waals surface area contributed by atoms with Crippen LogP contribution in [0.5, 0.6) is 0 Å². The minimum atomic E-state index is -0.335. The summed E-state index contributed by atoms with van der Waals surface area (Å²) >= 11 is 0. The Morgan fingerprint density at radius 3 is 2.26 bits per heavy atom. The van der Waals surface area contributed by atoms with Crippen molar-refractivity contribution in [3.63, 3.8) is 0 Å². The van der Waals surface area contributed by atoms with E-state index in [9.17, 15) is 18.8 Å². The van der Waals surface area contributed by atoms with Gasteiger partial charge >= 0.3 is 0 Å². The number of hydrogen-bond donors (Lipinski definition) is 1. The molecule has 0 spiro atoms. The van der Waals surface area contributed by atoms with E-state index >= 15 is 0 Å². The Kier molecular flexibility index (Phi) is 7.67. The van der Waals surface area contributed by atoms with Crippen LogP contribution in [0, 0.1) is 5.82 Å². The van der Waals surface area contributed by atoms with Crippen molar-refractivity contribution in [2.24, 2.45) is 0 Å². The lowest BCUT2D eigenvalue weighted by atomic mass is 10.1. The summed E-state index contributed by atoms with van der Waals surface area (Å²) in [6, 6.07) is 14.6. The van der Waals surface area contributed by atoms with Crippen molar-refractivity contribution in [3.8, 4) is 0 Å². The fraction of sp³-hybridized carbons (Fsp3) is 0.286. The fourth-order valence-corrected chi connectivity index (χ4v) is 2.56. The zero-order chi connectivity index (χ0) is 19.6. The summed E-state index contributed by atoms with van der Waals surface area (Å²) in [6.45, 7) is 2.35. The third-order valence-corrected chi connectivity index (χ3v) is 4.13. The average Bonchev–Trinajstić information content (AvgIpc) is 2.70. The predicted octanol–water partition coefficient (Wildman–Crippen LogP) is 2.95. The highest BCUT2D eigenvalue weighted by atomic mass is 19.1. The van der Waals surface area contributed by atoms with Crippen LogP contribution in [-0.4, -0.2) is 35.6 Å². The number of ketones is 1. The van der Waals surface area contributed by atoms with Gasteiger partial charge in [-0.2, -0.15) is 0 Å². The summed E-state index contributed by atoms with van der Waals surface area (Å²) in [6.07, 6.45) is 0.170. The second-order valence-corrected chi connectivity index (χ2v) is 6.10. The van der Waals surface area contributed by atoms with Crippen LogP contribution in [0.15, 0.2) is 54.6 Å². The van der Waals surface area contributed by atoms with E-state index in [-0.39, 0.29) is 49.3 Å². The van der Waals surface area contributed by atoms with Crippen LogP contribution in [0.25, 0.3) is 0 Å². The van der Waals surface area contributed by atoms with E-state index in [1.54, 1.807) is 43.3 Å². The number of nitrogens with zero attached hydrogens (tertiary/aromatic N) is 1. The number of benzene rings is 2. The van der Waals surface area contributed by atoms with Gasteiger partial charge in [0.25, 0.3) is 0 Å². The van der Waals surface area contributed by atoms with Crippen molar-refractivity contribution in [1.82, 2.24) is 10.2 Å². The minimum Gasteiger partial charge on any atom is -0.350 e. The highest BCUT2D eigenvalue weighted by molar-refractivity contribution is 5.98. The summed E-state index contributed by atoms with van der Waals surface area (Å²) in [5.41, 5.74) is 1.35. The lowest BCUT2D eigenvalue weighted by Gasteiger charge is -2.20. The first-order valence-electron chi connectivity index (χ1n) is 8.86. The Morgan fingerprint density at radius 2 is 1.63 bits per heavy atom. The molecule has 0 saturated carbocycles. The van der Waals surface area contributed by atoms with E-state index in [1.165, 1.54) is 17.0 Å². The molecule has 2 amide bonds. The largest absolute Gasteiger partial charge is 0.350 e. The first-order valence-corrected chi connectivity index (χ1v) is 8.86. The zero-order valence-electron chi connectivity index (χ0n) is 15.3. The third kappa shape index (κ3) is 6.66. The molecule has 2 aromatic carbocycles. The molecule has 0 aromatic heterocycles. The number of nitrogens with one attached hydrogen (secondary N) is 1. The van der Waals surface area contributed by atoms with Crippen molar-refractivity contribution in [2.45, 2.75) is 26.3 Å². The molecule has 0 aliphatic rings. The number of amides is 2. The SMILES string of the molecule is CCN(CC(=O)NCc1ccc(F)cc1)C(=O)CCC(=O)c1ccccc1. The van der Waals surface area contributed by atoms with E-state index in [4.69, 9.17) is 0 Å². The molecule has 0 aliphatic heterocycles. The molecule has 142 valence electrons. The number of Topliss-reactive ketones (excluding diaryl/α,β-unsaturated/α-hetero) is 1. The van der Waals surface area contributed by atoms with Crippen LogP contribution in [0.4, 0.5) is 4.39 Å². The van der Waals surface area contributed by atoms with Gasteiger partial charge < -0.3 is 10.2 Å². The number of carbonyl (C=O) groups excluding carboxylic acids is 3. The molecule has 0 fully saturated rings. The third-order valence-electron chi connectivity index (χ3n) is 4.13. The smallest absolute Gasteiger partial charge is 0.239 e. The second kappa shape index (κ2) is 10.2. The number of likely N-dealkylation sites (N-methyl/N-ethyl adjacent to an activating group) is 1. The van der Waals surface area contributed by atoms with Crippen LogP contribution in [-0.2, 0) is 16.1 Å². The van der Waals surface area contributed by atoms with Crippen LogP contribution in [0.3, 0.4) is 0 Å². The maximum atomic E-state index is 12.9. The van der Waals surface area contributed by atoms with Crippen molar-refractivity contribution >= 4 is 17.6 Å². The van der Waals surface area contributed by atoms with Gasteiger partial charge in [0.2, 0.25) is 11.8 Å². The van der Waals surface area contributed by atoms with Crippen LogP contribution < -0.4 is 5.32 Å². The summed E-state index contributed by atoms with van der Waals surface area (Å²) in [4.78, 5) is 37.9. The lowest BCUT2D eigenvalue weighted by Crippen LogP contribution is -2.40. The van der Waals surface area contributed by atoms with E-state index in [2.05, 4.69) is 5.32 Å². The molecule has 0 unspecified atom stereocenters. The molecule has 0 atom stereocenters. The van der Waals surface area contributed by atoms with E-state index in [1.807, 2.05) is 6.07 Å². The fourth-order valence-electron chi connectivity index (χ4n) is 2.56. The molecule has 2 rings (SSSR count). The van der Waals surface area contributed by atoms with Crippen molar-refractivity contribution in [3.05, 3.63) is 71.5 Å². The summed E-state index contributed by atoms with van der Waals surface area (Å²) in [5.74, 6) is -0.971. The lowest BCUT2D eigenvalue weighted by molar-refractivity contribution is -0.135. The first kappa shape index (κ1) is 20.3. The quantitative estimate of drug-likeness (QED) is 0.690. The van der Waals surface area contributed by atoms with Crippen molar-refractivity contribution < 1.29 is 18.8 Å². The molecule has 5 nitrogen and oxygen atoms in total. The summed E-state index contributed by atoms with van der Waals surface area (Å²) in [5, 5.41) is 2.71. The minimum absolute atomic E-state index is 0.0623. The monoisotopic (exact) mass is 370 g/mol. The summed E-state index contributed by atoms with van der Waals surface area (Å²) < 4.78 is 12.9. The molecule has 0 heterocycles. The Morgan fingerprint density at radius 1 is 0.963 bits per heavy atom. The van der Waals surface area contributed by atoms with E-state index < -0.39 is 0 Å². The van der Waals surface area contributed by atoms with Gasteiger partial charge in [-0.05, 0) is 24.6 Å². The molecule has 0 bridgehead atoms. The molecule has 0 radical (unpaired) electrons. The Balaban J connectivity index is 1.78. The molecule has 2 aromatic rings. The highest BCUT2D eigenvalue weighted by Gasteiger charge is 2.17. The maximum Gasteiger partial charge on any atom is 0.239 e. The molecule has 6 heteroatoms. The molecule has 27 heavy (non-hydrogen) atoms. The van der Waals surface area contributed by atoms with Gasteiger partial charge in [-0.1, -0.05) is 42.5 Å². The standard InChI is InChI=1S/C21H23FN2O3/c1-2-24(15-20(26)23-14-16-8-10-18(22)11-9-16)21(27)13-12-19(25)17-6-4-3-5-7-17/h3-11H,2,12-15H2,1H3,(H,23,26). The maximum absolute atomic E-state index is 12.9. The van der Waals surface area contributed by atoms with Crippen molar-refractivity contribution in [1.29, 1.82) is 0 Å². The molecular weight excluding hydrogens is 347 g/mol. The molecule has 0 aliphatic carbocycles. The molecule has 0 saturated heterocycles. The van der Waals surface area contributed by atoms with Gasteiger partial charge in [-0.3, -0.25) is 14.4 Å². The number of rotatable bonds is 9. The zero-order valence-corrected chi connectivity index (χ0v) is 15.3. The van der Waals surface area contributed by atoms with E-state index in [0.29, 0.717) is 12.1 Å². The second-order valence-electron chi connectivity index (χ2n) is 6.10. The van der Waals surface area contributed by atoms with Gasteiger partial charge in [-0.25, -0.2) is 4.39 Å². The molecular formula is C21H23FN2O3. The van der Waals surface area contributed by atoms with Gasteiger partial charge in [0, 0.05) is 31.5 Å². The number of halogens is 1.